The van der Waals surface area contributed by atoms with Gasteiger partial charge in [-0.25, -0.2) is 0 Å². The number of hydrogen-bond donors (Lipinski definition) is 1. The van der Waals surface area contributed by atoms with Crippen molar-refractivity contribution >= 4 is 0 Å². The summed E-state index contributed by atoms with van der Waals surface area (Å²) in [6.45, 7) is 7.53. The van der Waals surface area contributed by atoms with Gasteiger partial charge in [0.1, 0.15) is 0 Å². The van der Waals surface area contributed by atoms with Gasteiger partial charge in [0.2, 0.25) is 0 Å². The maximum Gasteiger partial charge on any atom is 0.0665 e. The molecule has 0 aromatic carbocycles. The number of nitrogens with zero attached hydrogens (tertiary/aromatic N) is 1. The van der Waals surface area contributed by atoms with Gasteiger partial charge in [-0.3, -0.25) is 4.90 Å². The van der Waals surface area contributed by atoms with Crippen LogP contribution in [0.1, 0.15) is 64.2 Å². The molecular formula is C24H42N2O3. The van der Waals surface area contributed by atoms with Crippen LogP contribution in [0.5, 0.6) is 0 Å². The smallest absolute Gasteiger partial charge is 0.0665 e. The van der Waals surface area contributed by atoms with Crippen molar-refractivity contribution in [3.63, 3.8) is 0 Å². The van der Waals surface area contributed by atoms with Crippen molar-refractivity contribution in [2.45, 2.75) is 81.9 Å². The summed E-state index contributed by atoms with van der Waals surface area (Å²) in [7, 11) is 0. The monoisotopic (exact) mass is 406 g/mol. The lowest BCUT2D eigenvalue weighted by atomic mass is 9.68. The van der Waals surface area contributed by atoms with Gasteiger partial charge in [0.15, 0.2) is 0 Å². The molecule has 0 amide bonds. The second-order valence-electron chi connectivity index (χ2n) is 10.4. The minimum Gasteiger partial charge on any atom is -0.380 e. The van der Waals surface area contributed by atoms with Gasteiger partial charge in [-0.05, 0) is 75.7 Å². The molecule has 6 rings (SSSR count). The Morgan fingerprint density at radius 1 is 0.793 bits per heavy atom. The molecule has 6 fully saturated rings. The summed E-state index contributed by atoms with van der Waals surface area (Å²) in [6, 6.07) is 0.406. The maximum atomic E-state index is 6.63. The first-order chi connectivity index (χ1) is 14.3. The zero-order chi connectivity index (χ0) is 19.5. The van der Waals surface area contributed by atoms with Crippen molar-refractivity contribution in [2.75, 3.05) is 52.7 Å². The lowest BCUT2D eigenvalue weighted by Gasteiger charge is -2.52. The van der Waals surface area contributed by atoms with Crippen molar-refractivity contribution in [1.82, 2.24) is 10.2 Å². The lowest BCUT2D eigenvalue weighted by molar-refractivity contribution is -0.101. The van der Waals surface area contributed by atoms with E-state index in [-0.39, 0.29) is 5.54 Å². The molecule has 1 N–H and O–H groups in total. The van der Waals surface area contributed by atoms with Gasteiger partial charge in [-0.2, -0.15) is 0 Å². The summed E-state index contributed by atoms with van der Waals surface area (Å²) in [5.41, 5.74) is 0.0687. The van der Waals surface area contributed by atoms with Crippen LogP contribution >= 0.6 is 0 Å². The average molecular weight is 407 g/mol. The third kappa shape index (κ3) is 4.55. The van der Waals surface area contributed by atoms with Crippen LogP contribution in [-0.4, -0.2) is 75.3 Å². The summed E-state index contributed by atoms with van der Waals surface area (Å²) in [6.07, 6.45) is 13.8. The van der Waals surface area contributed by atoms with Crippen LogP contribution in [0, 0.1) is 17.8 Å². The highest BCUT2D eigenvalue weighted by Crippen LogP contribution is 2.42. The van der Waals surface area contributed by atoms with E-state index < -0.39 is 0 Å². The van der Waals surface area contributed by atoms with Crippen LogP contribution in [0.3, 0.4) is 0 Å². The Labute approximate surface area is 177 Å². The highest BCUT2D eigenvalue weighted by Gasteiger charge is 2.46. The number of piperidine rings is 1. The molecule has 0 radical (unpaired) electrons. The summed E-state index contributed by atoms with van der Waals surface area (Å²) < 4.78 is 18.9. The zero-order valence-corrected chi connectivity index (χ0v) is 18.3. The van der Waals surface area contributed by atoms with Crippen LogP contribution < -0.4 is 5.32 Å². The molecule has 2 bridgehead atoms. The Bertz CT molecular complexity index is 511. The lowest BCUT2D eigenvalue weighted by Crippen LogP contribution is -2.70. The maximum absolute atomic E-state index is 6.63. The number of ether oxygens (including phenoxy) is 3. The molecule has 4 heterocycles. The molecule has 0 aromatic heterocycles. The highest BCUT2D eigenvalue weighted by molar-refractivity contribution is 5.04. The zero-order valence-electron chi connectivity index (χ0n) is 18.3. The van der Waals surface area contributed by atoms with Crippen LogP contribution in [0.15, 0.2) is 0 Å². The third-order valence-electron chi connectivity index (χ3n) is 8.87. The fraction of sp³-hybridized carbons (Fsp3) is 1.00. The topological polar surface area (TPSA) is 43.0 Å². The van der Waals surface area contributed by atoms with Crippen LogP contribution in [0.25, 0.3) is 0 Å². The predicted octanol–water partition coefficient (Wildman–Crippen LogP) is 3.22. The van der Waals surface area contributed by atoms with E-state index >= 15 is 0 Å². The first kappa shape index (κ1) is 20.7. The Hall–Kier alpha value is -0.200. The van der Waals surface area contributed by atoms with Gasteiger partial charge >= 0.3 is 0 Å². The largest absolute Gasteiger partial charge is 0.380 e. The Kier molecular flexibility index (Phi) is 6.79. The van der Waals surface area contributed by atoms with Gasteiger partial charge in [0.05, 0.1) is 44.1 Å². The number of nitrogens with one attached hydrogen (secondary N) is 1. The Morgan fingerprint density at radius 3 is 2.55 bits per heavy atom. The van der Waals surface area contributed by atoms with Crippen molar-refractivity contribution in [3.05, 3.63) is 0 Å². The van der Waals surface area contributed by atoms with Gasteiger partial charge in [-0.1, -0.05) is 12.8 Å². The number of rotatable bonds is 0. The van der Waals surface area contributed by atoms with E-state index in [0.717, 1.165) is 63.9 Å². The second kappa shape index (κ2) is 9.52. The van der Waals surface area contributed by atoms with E-state index in [9.17, 15) is 0 Å². The highest BCUT2D eigenvalue weighted by atomic mass is 16.5. The third-order valence-corrected chi connectivity index (χ3v) is 8.87. The van der Waals surface area contributed by atoms with Crippen LogP contribution in [0.4, 0.5) is 0 Å². The minimum absolute atomic E-state index is 0.0687. The fourth-order valence-electron chi connectivity index (χ4n) is 7.25. The first-order valence-corrected chi connectivity index (χ1v) is 12.6. The van der Waals surface area contributed by atoms with Gasteiger partial charge in [-0.15, -0.1) is 0 Å². The van der Waals surface area contributed by atoms with E-state index in [2.05, 4.69) is 10.2 Å². The molecule has 2 saturated carbocycles. The van der Waals surface area contributed by atoms with E-state index in [1.54, 1.807) is 0 Å². The van der Waals surface area contributed by atoms with Crippen LogP contribution in [0.2, 0.25) is 0 Å². The molecule has 4 atom stereocenters. The van der Waals surface area contributed by atoms with E-state index in [0.29, 0.717) is 12.1 Å². The summed E-state index contributed by atoms with van der Waals surface area (Å²) in [4.78, 5) is 2.65. The first-order valence-electron chi connectivity index (χ1n) is 12.6. The van der Waals surface area contributed by atoms with Crippen molar-refractivity contribution in [2.24, 2.45) is 17.8 Å². The summed E-state index contributed by atoms with van der Waals surface area (Å²) in [5, 5.41) is 3.86. The van der Waals surface area contributed by atoms with Crippen LogP contribution in [-0.2, 0) is 14.2 Å². The van der Waals surface area contributed by atoms with Crippen molar-refractivity contribution in [1.29, 1.82) is 0 Å². The summed E-state index contributed by atoms with van der Waals surface area (Å²) >= 11 is 0. The van der Waals surface area contributed by atoms with Crippen molar-refractivity contribution < 1.29 is 14.2 Å². The van der Waals surface area contributed by atoms with E-state index in [1.165, 1.54) is 70.8 Å². The number of fused-ring (bicyclic) bond motifs is 6. The minimum atomic E-state index is 0.0687. The molecule has 2 aliphatic carbocycles. The molecule has 6 aliphatic rings. The SMILES string of the molecule is C1CCC2C3CCC(CC3)OC[C@@H]3N(CCC[C@@]34COCCN4)CCOCC2C1. The van der Waals surface area contributed by atoms with Gasteiger partial charge in [0.25, 0.3) is 0 Å². The quantitative estimate of drug-likeness (QED) is 0.669. The van der Waals surface area contributed by atoms with E-state index in [4.69, 9.17) is 14.2 Å². The second-order valence-corrected chi connectivity index (χ2v) is 10.4. The molecule has 5 nitrogen and oxygen atoms in total. The van der Waals surface area contributed by atoms with Gasteiger partial charge in [0, 0.05) is 19.7 Å². The van der Waals surface area contributed by atoms with E-state index in [1.807, 2.05) is 0 Å². The molecule has 2 unspecified atom stereocenters. The molecule has 4 aliphatic heterocycles. The fourth-order valence-corrected chi connectivity index (χ4v) is 7.25. The summed E-state index contributed by atoms with van der Waals surface area (Å²) in [5.74, 6) is 2.62. The average Bonchev–Trinajstić information content (AvgIpc) is 2.77. The molecule has 29 heavy (non-hydrogen) atoms. The molecular weight excluding hydrogens is 364 g/mol. The standard InChI is InChI=1S/C24H42N2O3/c1-2-5-22-19-6-8-21(9-7-19)29-17-23-24(18-28-14-11-25-24)10-3-12-26(23)13-15-27-16-20(22)4-1/h19-23,25H,1-18H2/t19?,20?,21?,22?,23-,24+/m0/s1. The molecule has 5 heteroatoms. The Balaban J connectivity index is 1.31. The number of hydrogen-bond acceptors (Lipinski definition) is 5. The molecule has 4 saturated heterocycles. The molecule has 0 aromatic rings. The normalized spacial score (nSPS) is 45.3. The Morgan fingerprint density at radius 2 is 1.69 bits per heavy atom. The molecule has 166 valence electrons. The predicted molar refractivity (Wildman–Crippen MR) is 114 cm³/mol. The molecule has 1 spiro atoms. The van der Waals surface area contributed by atoms with Crippen molar-refractivity contribution in [3.8, 4) is 0 Å². The van der Waals surface area contributed by atoms with Gasteiger partial charge < -0.3 is 19.5 Å². The number of morpholine rings is 1.